The highest BCUT2D eigenvalue weighted by molar-refractivity contribution is 6.31. The molecule has 2 N–H and O–H groups in total. The number of aromatic nitrogens is 1. The predicted octanol–water partition coefficient (Wildman–Crippen LogP) is 3.82. The molecule has 0 saturated carbocycles. The highest BCUT2D eigenvalue weighted by Gasteiger charge is 2.18. The van der Waals surface area contributed by atoms with Crippen LogP contribution in [0, 0.1) is 0 Å². The summed E-state index contributed by atoms with van der Waals surface area (Å²) in [6.45, 7) is 4.14. The molecular formula is C17H22ClN3. The standard InChI is InChI=1S/C17H22ClN3/c1-12(19)11-14-7-6-10-20-17(14)21(3)13(2)15-8-4-5-9-16(15)18/h4-10,12-13H,11,19H2,1-3H3. The molecule has 2 rings (SSSR count). The molecule has 0 fully saturated rings. The molecule has 0 bridgehead atoms. The van der Waals surface area contributed by atoms with Crippen molar-refractivity contribution in [1.29, 1.82) is 0 Å². The number of nitrogens with zero attached hydrogens (tertiary/aromatic N) is 2. The maximum Gasteiger partial charge on any atom is 0.132 e. The first kappa shape index (κ1) is 15.8. The average Bonchev–Trinajstić information content (AvgIpc) is 2.46. The number of hydrogen-bond acceptors (Lipinski definition) is 3. The molecule has 0 amide bonds. The van der Waals surface area contributed by atoms with Crippen LogP contribution < -0.4 is 10.6 Å². The molecule has 0 aliphatic rings. The quantitative estimate of drug-likeness (QED) is 0.913. The second-order valence-corrected chi connectivity index (χ2v) is 5.88. The van der Waals surface area contributed by atoms with Crippen LogP contribution in [0.3, 0.4) is 0 Å². The van der Waals surface area contributed by atoms with Gasteiger partial charge in [0.05, 0.1) is 6.04 Å². The van der Waals surface area contributed by atoms with Gasteiger partial charge in [0.25, 0.3) is 0 Å². The van der Waals surface area contributed by atoms with Crippen molar-refractivity contribution in [3.63, 3.8) is 0 Å². The topological polar surface area (TPSA) is 42.1 Å². The van der Waals surface area contributed by atoms with E-state index in [-0.39, 0.29) is 12.1 Å². The van der Waals surface area contributed by atoms with E-state index in [1.54, 1.807) is 0 Å². The lowest BCUT2D eigenvalue weighted by Gasteiger charge is -2.29. The minimum atomic E-state index is 0.108. The summed E-state index contributed by atoms with van der Waals surface area (Å²) < 4.78 is 0. The van der Waals surface area contributed by atoms with E-state index in [0.29, 0.717) is 0 Å². The summed E-state index contributed by atoms with van der Waals surface area (Å²) in [6.07, 6.45) is 2.62. The second kappa shape index (κ2) is 6.92. The Bertz CT molecular complexity index is 598. The van der Waals surface area contributed by atoms with Crippen LogP contribution >= 0.6 is 11.6 Å². The highest BCUT2D eigenvalue weighted by atomic mass is 35.5. The van der Waals surface area contributed by atoms with Crippen molar-refractivity contribution in [2.45, 2.75) is 32.4 Å². The van der Waals surface area contributed by atoms with Gasteiger partial charge in [-0.25, -0.2) is 4.98 Å². The van der Waals surface area contributed by atoms with E-state index in [4.69, 9.17) is 17.3 Å². The van der Waals surface area contributed by atoms with Crippen LogP contribution in [-0.4, -0.2) is 18.1 Å². The summed E-state index contributed by atoms with van der Waals surface area (Å²) in [5, 5.41) is 0.779. The van der Waals surface area contributed by atoms with Crippen LogP contribution in [-0.2, 0) is 6.42 Å². The van der Waals surface area contributed by atoms with Gasteiger partial charge in [-0.15, -0.1) is 0 Å². The lowest BCUT2D eigenvalue weighted by atomic mass is 10.0. The molecule has 4 heteroatoms. The maximum atomic E-state index is 6.31. The van der Waals surface area contributed by atoms with Gasteiger partial charge in [-0.2, -0.15) is 0 Å². The molecular weight excluding hydrogens is 282 g/mol. The van der Waals surface area contributed by atoms with Crippen molar-refractivity contribution < 1.29 is 0 Å². The van der Waals surface area contributed by atoms with Gasteiger partial charge in [-0.3, -0.25) is 0 Å². The Kier molecular flexibility index (Phi) is 5.21. The minimum Gasteiger partial charge on any atom is -0.353 e. The van der Waals surface area contributed by atoms with Crippen molar-refractivity contribution >= 4 is 17.4 Å². The lowest BCUT2D eigenvalue weighted by Crippen LogP contribution is -2.26. The molecule has 2 unspecified atom stereocenters. The smallest absolute Gasteiger partial charge is 0.132 e. The molecule has 0 aliphatic carbocycles. The number of halogens is 1. The van der Waals surface area contributed by atoms with Crippen LogP contribution in [0.2, 0.25) is 5.02 Å². The molecule has 112 valence electrons. The fourth-order valence-electron chi connectivity index (χ4n) is 2.46. The number of rotatable bonds is 5. The summed E-state index contributed by atoms with van der Waals surface area (Å²) >= 11 is 6.31. The molecule has 0 radical (unpaired) electrons. The first-order valence-electron chi connectivity index (χ1n) is 7.17. The van der Waals surface area contributed by atoms with Gasteiger partial charge in [0.2, 0.25) is 0 Å². The van der Waals surface area contributed by atoms with Gasteiger partial charge >= 0.3 is 0 Å². The zero-order valence-corrected chi connectivity index (χ0v) is 13.5. The third kappa shape index (κ3) is 3.74. The predicted molar refractivity (Wildman–Crippen MR) is 89.9 cm³/mol. The fraction of sp³-hybridized carbons (Fsp3) is 0.353. The van der Waals surface area contributed by atoms with Gasteiger partial charge in [-0.1, -0.05) is 35.9 Å². The molecule has 0 spiro atoms. The van der Waals surface area contributed by atoms with Crippen LogP contribution in [0.25, 0.3) is 0 Å². The zero-order valence-electron chi connectivity index (χ0n) is 12.8. The van der Waals surface area contributed by atoms with E-state index in [9.17, 15) is 0 Å². The van der Waals surface area contributed by atoms with Crippen LogP contribution in [0.4, 0.5) is 5.82 Å². The first-order chi connectivity index (χ1) is 10.0. The molecule has 0 aliphatic heterocycles. The number of hydrogen-bond donors (Lipinski definition) is 1. The van der Waals surface area contributed by atoms with E-state index in [1.807, 2.05) is 44.4 Å². The Morgan fingerprint density at radius 3 is 2.57 bits per heavy atom. The van der Waals surface area contributed by atoms with E-state index in [2.05, 4.69) is 28.9 Å². The van der Waals surface area contributed by atoms with Gasteiger partial charge < -0.3 is 10.6 Å². The molecule has 1 aromatic carbocycles. The second-order valence-electron chi connectivity index (χ2n) is 5.48. The number of nitrogens with two attached hydrogens (primary N) is 1. The summed E-state index contributed by atoms with van der Waals surface area (Å²) in [6, 6.07) is 12.2. The van der Waals surface area contributed by atoms with Gasteiger partial charge in [-0.05, 0) is 43.5 Å². The van der Waals surface area contributed by atoms with E-state index >= 15 is 0 Å². The Balaban J connectivity index is 2.32. The first-order valence-corrected chi connectivity index (χ1v) is 7.55. The van der Waals surface area contributed by atoms with Crippen molar-refractivity contribution in [2.75, 3.05) is 11.9 Å². The van der Waals surface area contributed by atoms with Crippen molar-refractivity contribution in [2.24, 2.45) is 5.73 Å². The van der Waals surface area contributed by atoms with E-state index < -0.39 is 0 Å². The molecule has 1 aromatic heterocycles. The van der Waals surface area contributed by atoms with Gasteiger partial charge in [0.1, 0.15) is 5.82 Å². The van der Waals surface area contributed by atoms with Crippen LogP contribution in [0.1, 0.15) is 31.0 Å². The highest BCUT2D eigenvalue weighted by Crippen LogP contribution is 2.30. The normalized spacial score (nSPS) is 13.8. The van der Waals surface area contributed by atoms with Crippen molar-refractivity contribution in [1.82, 2.24) is 4.98 Å². The number of pyridine rings is 1. The number of benzene rings is 1. The summed E-state index contributed by atoms with van der Waals surface area (Å²) in [5.74, 6) is 0.960. The van der Waals surface area contributed by atoms with Crippen LogP contribution in [0.5, 0.6) is 0 Å². The Hall–Kier alpha value is -1.58. The largest absolute Gasteiger partial charge is 0.353 e. The average molecular weight is 304 g/mol. The molecule has 2 aromatic rings. The molecule has 1 heterocycles. The fourth-order valence-corrected chi connectivity index (χ4v) is 2.75. The Morgan fingerprint density at radius 2 is 1.90 bits per heavy atom. The monoisotopic (exact) mass is 303 g/mol. The zero-order chi connectivity index (χ0) is 15.4. The van der Waals surface area contributed by atoms with Gasteiger partial charge in [0.15, 0.2) is 0 Å². The number of anilines is 1. The van der Waals surface area contributed by atoms with E-state index in [0.717, 1.165) is 28.4 Å². The SMILES string of the molecule is CC(N)Cc1cccnc1N(C)C(C)c1ccccc1Cl. The van der Waals surface area contributed by atoms with Gasteiger partial charge in [0, 0.05) is 24.3 Å². The van der Waals surface area contributed by atoms with Crippen LogP contribution in [0.15, 0.2) is 42.6 Å². The molecule has 2 atom stereocenters. The molecule has 0 saturated heterocycles. The summed E-state index contributed by atoms with van der Waals surface area (Å²) in [4.78, 5) is 6.69. The summed E-state index contributed by atoms with van der Waals surface area (Å²) in [5.41, 5.74) is 8.19. The summed E-state index contributed by atoms with van der Waals surface area (Å²) in [7, 11) is 2.04. The third-order valence-corrected chi connectivity index (χ3v) is 4.02. The Labute approximate surface area is 131 Å². The van der Waals surface area contributed by atoms with E-state index in [1.165, 1.54) is 0 Å². The molecule has 3 nitrogen and oxygen atoms in total. The van der Waals surface area contributed by atoms with Crippen molar-refractivity contribution in [3.05, 3.63) is 58.7 Å². The minimum absolute atomic E-state index is 0.108. The molecule has 21 heavy (non-hydrogen) atoms. The van der Waals surface area contributed by atoms with Crippen molar-refractivity contribution in [3.8, 4) is 0 Å². The third-order valence-electron chi connectivity index (χ3n) is 3.68. The maximum absolute atomic E-state index is 6.31. The Morgan fingerprint density at radius 1 is 1.19 bits per heavy atom. The lowest BCUT2D eigenvalue weighted by molar-refractivity contribution is 0.700.